The first kappa shape index (κ1) is 20.7. The van der Waals surface area contributed by atoms with Gasteiger partial charge in [0.2, 0.25) is 5.89 Å². The molecular formula is C20H29IN4O. The first-order chi connectivity index (χ1) is 12.1. The van der Waals surface area contributed by atoms with E-state index in [-0.39, 0.29) is 24.0 Å². The molecule has 1 saturated carbocycles. The Kier molecular flexibility index (Phi) is 7.49. The average molecular weight is 468 g/mol. The van der Waals surface area contributed by atoms with Gasteiger partial charge >= 0.3 is 0 Å². The lowest BCUT2D eigenvalue weighted by atomic mass is 9.75. The quantitative estimate of drug-likeness (QED) is 0.392. The third-order valence-electron chi connectivity index (χ3n) is 4.91. The molecule has 1 aromatic heterocycles. The second-order valence-electron chi connectivity index (χ2n) is 7.52. The smallest absolute Gasteiger partial charge is 0.226 e. The molecule has 1 heterocycles. The van der Waals surface area contributed by atoms with E-state index >= 15 is 0 Å². The molecule has 1 aliphatic carbocycles. The third kappa shape index (κ3) is 5.72. The molecule has 5 nitrogen and oxygen atoms in total. The van der Waals surface area contributed by atoms with Gasteiger partial charge in [-0.05, 0) is 43.2 Å². The molecule has 0 amide bonds. The van der Waals surface area contributed by atoms with E-state index in [0.717, 1.165) is 17.2 Å². The van der Waals surface area contributed by atoms with Crippen molar-refractivity contribution in [2.24, 2.45) is 10.4 Å². The van der Waals surface area contributed by atoms with Gasteiger partial charge in [0.25, 0.3) is 0 Å². The van der Waals surface area contributed by atoms with Crippen LogP contribution in [0.3, 0.4) is 0 Å². The van der Waals surface area contributed by atoms with Crippen LogP contribution in [0, 0.1) is 5.41 Å². The molecule has 0 unspecified atom stereocenters. The normalized spacial score (nSPS) is 17.4. The molecule has 0 saturated heterocycles. The maximum atomic E-state index is 5.58. The van der Waals surface area contributed by atoms with E-state index in [9.17, 15) is 0 Å². The van der Waals surface area contributed by atoms with E-state index in [2.05, 4.69) is 34.5 Å². The third-order valence-corrected chi connectivity index (χ3v) is 4.91. The molecule has 3 rings (SSSR count). The van der Waals surface area contributed by atoms with Gasteiger partial charge in [0.1, 0.15) is 6.26 Å². The van der Waals surface area contributed by atoms with E-state index in [1.165, 1.54) is 25.7 Å². The fourth-order valence-corrected chi connectivity index (χ4v) is 3.21. The zero-order chi connectivity index (χ0) is 17.7. The molecule has 1 aromatic carbocycles. The summed E-state index contributed by atoms with van der Waals surface area (Å²) in [7, 11) is 1.81. The molecular weight excluding hydrogens is 439 g/mol. The highest BCUT2D eigenvalue weighted by Crippen LogP contribution is 2.34. The van der Waals surface area contributed by atoms with Crippen molar-refractivity contribution in [3.05, 3.63) is 42.3 Å². The van der Waals surface area contributed by atoms with Crippen molar-refractivity contribution >= 4 is 29.9 Å². The zero-order valence-corrected chi connectivity index (χ0v) is 18.1. The highest BCUT2D eigenvalue weighted by molar-refractivity contribution is 14.0. The second kappa shape index (κ2) is 9.39. The predicted octanol–water partition coefficient (Wildman–Crippen LogP) is 4.59. The van der Waals surface area contributed by atoms with Gasteiger partial charge in [-0.15, -0.1) is 24.0 Å². The number of aliphatic imine (C=N–C) groups is 1. The van der Waals surface area contributed by atoms with Gasteiger partial charge in [0, 0.05) is 18.7 Å². The first-order valence-electron chi connectivity index (χ1n) is 9.03. The minimum absolute atomic E-state index is 0. The summed E-state index contributed by atoms with van der Waals surface area (Å²) < 4.78 is 5.58. The number of oxazole rings is 1. The summed E-state index contributed by atoms with van der Waals surface area (Å²) in [5.74, 6) is 1.48. The van der Waals surface area contributed by atoms with Crippen molar-refractivity contribution in [3.63, 3.8) is 0 Å². The molecule has 6 heteroatoms. The molecule has 142 valence electrons. The summed E-state index contributed by atoms with van der Waals surface area (Å²) in [5.41, 5.74) is 2.33. The molecule has 1 aliphatic rings. The number of rotatable bonds is 4. The van der Waals surface area contributed by atoms with Gasteiger partial charge in [-0.2, -0.15) is 0 Å². The van der Waals surface area contributed by atoms with Crippen LogP contribution in [0.4, 0.5) is 0 Å². The van der Waals surface area contributed by atoms with E-state index in [4.69, 9.17) is 4.42 Å². The molecule has 0 atom stereocenters. The summed E-state index contributed by atoms with van der Waals surface area (Å²) in [6.45, 7) is 5.30. The van der Waals surface area contributed by atoms with Crippen molar-refractivity contribution < 1.29 is 4.42 Å². The molecule has 0 aliphatic heterocycles. The van der Waals surface area contributed by atoms with Crippen molar-refractivity contribution in [1.82, 2.24) is 15.6 Å². The maximum Gasteiger partial charge on any atom is 0.226 e. The molecule has 26 heavy (non-hydrogen) atoms. The second-order valence-corrected chi connectivity index (χ2v) is 7.52. The van der Waals surface area contributed by atoms with Crippen molar-refractivity contribution in [2.75, 3.05) is 7.05 Å². The fourth-order valence-electron chi connectivity index (χ4n) is 3.21. The zero-order valence-electron chi connectivity index (χ0n) is 15.8. The van der Waals surface area contributed by atoms with Gasteiger partial charge in [0.05, 0.1) is 12.2 Å². The Morgan fingerprint density at radius 1 is 1.23 bits per heavy atom. The van der Waals surface area contributed by atoms with Crippen LogP contribution >= 0.6 is 24.0 Å². The summed E-state index contributed by atoms with van der Waals surface area (Å²) in [4.78, 5) is 8.88. The minimum Gasteiger partial charge on any atom is -0.444 e. The average Bonchev–Trinajstić information content (AvgIpc) is 3.10. The number of benzene rings is 1. The lowest BCUT2D eigenvalue weighted by Gasteiger charge is -2.35. The topological polar surface area (TPSA) is 62.5 Å². The van der Waals surface area contributed by atoms with Gasteiger partial charge in [-0.25, -0.2) is 4.98 Å². The molecule has 2 N–H and O–H groups in total. The number of hydrogen-bond acceptors (Lipinski definition) is 3. The standard InChI is InChI=1S/C20H28N4O.HI/c1-20(2)11-9-16(10-12-20)24-19(21-3)22-13-17-14-25-18(23-17)15-7-5-4-6-8-15;/h4-8,14,16H,9-13H2,1-3H3,(H2,21,22,24);1H. The number of hydrogen-bond donors (Lipinski definition) is 2. The van der Waals surface area contributed by atoms with Gasteiger partial charge in [-0.1, -0.05) is 32.0 Å². The molecule has 1 fully saturated rings. The molecule has 0 bridgehead atoms. The summed E-state index contributed by atoms with van der Waals surface area (Å²) in [6.07, 6.45) is 6.59. The SMILES string of the molecule is CN=C(NCc1coc(-c2ccccc2)n1)NC1CCC(C)(C)CC1.I. The lowest BCUT2D eigenvalue weighted by molar-refractivity contribution is 0.216. The van der Waals surface area contributed by atoms with Crippen molar-refractivity contribution in [3.8, 4) is 11.5 Å². The highest BCUT2D eigenvalue weighted by atomic mass is 127. The van der Waals surface area contributed by atoms with Gasteiger partial charge < -0.3 is 15.1 Å². The number of aromatic nitrogens is 1. The van der Waals surface area contributed by atoms with E-state index in [1.54, 1.807) is 13.3 Å². The summed E-state index contributed by atoms with van der Waals surface area (Å²) in [6, 6.07) is 10.4. The van der Waals surface area contributed by atoms with Crippen LogP contribution in [0.2, 0.25) is 0 Å². The number of halogens is 1. The van der Waals surface area contributed by atoms with E-state index < -0.39 is 0 Å². The van der Waals surface area contributed by atoms with Crippen molar-refractivity contribution in [2.45, 2.75) is 52.1 Å². The van der Waals surface area contributed by atoms with Crippen LogP contribution < -0.4 is 10.6 Å². The number of nitrogens with one attached hydrogen (secondary N) is 2. The molecule has 0 radical (unpaired) electrons. The van der Waals surface area contributed by atoms with E-state index in [0.29, 0.717) is 23.9 Å². The Morgan fingerprint density at radius 3 is 2.58 bits per heavy atom. The van der Waals surface area contributed by atoms with Crippen LogP contribution in [-0.2, 0) is 6.54 Å². The van der Waals surface area contributed by atoms with Gasteiger partial charge in [0.15, 0.2) is 5.96 Å². The monoisotopic (exact) mass is 468 g/mol. The Bertz CT molecular complexity index is 702. The van der Waals surface area contributed by atoms with Crippen LogP contribution in [0.5, 0.6) is 0 Å². The van der Waals surface area contributed by atoms with E-state index in [1.807, 2.05) is 30.3 Å². The van der Waals surface area contributed by atoms with Crippen LogP contribution in [-0.4, -0.2) is 24.0 Å². The molecule has 0 spiro atoms. The Balaban J connectivity index is 0.00000243. The lowest BCUT2D eigenvalue weighted by Crippen LogP contribution is -2.45. The summed E-state index contributed by atoms with van der Waals surface area (Å²) >= 11 is 0. The Hall–Kier alpha value is -1.57. The maximum absolute atomic E-state index is 5.58. The van der Waals surface area contributed by atoms with Crippen molar-refractivity contribution in [1.29, 1.82) is 0 Å². The number of guanidine groups is 1. The van der Waals surface area contributed by atoms with Crippen LogP contribution in [0.15, 0.2) is 46.0 Å². The predicted molar refractivity (Wildman–Crippen MR) is 117 cm³/mol. The highest BCUT2D eigenvalue weighted by Gasteiger charge is 2.27. The Morgan fingerprint density at radius 2 is 1.92 bits per heavy atom. The Labute approximate surface area is 173 Å². The summed E-state index contributed by atoms with van der Waals surface area (Å²) in [5, 5.41) is 6.87. The number of nitrogens with zero attached hydrogens (tertiary/aromatic N) is 2. The largest absolute Gasteiger partial charge is 0.444 e. The van der Waals surface area contributed by atoms with Crippen LogP contribution in [0.25, 0.3) is 11.5 Å². The van der Waals surface area contributed by atoms with Gasteiger partial charge in [-0.3, -0.25) is 4.99 Å². The first-order valence-corrected chi connectivity index (χ1v) is 9.03. The fraction of sp³-hybridized carbons (Fsp3) is 0.500. The van der Waals surface area contributed by atoms with Crippen LogP contribution in [0.1, 0.15) is 45.2 Å². The minimum atomic E-state index is 0. The molecule has 2 aromatic rings.